The Balaban J connectivity index is 2.49. The number of carbonyl (C=O) groups is 1. The summed E-state index contributed by atoms with van der Waals surface area (Å²) in [6, 6.07) is 1.85. The second-order valence-corrected chi connectivity index (χ2v) is 6.63. The van der Waals surface area contributed by atoms with Crippen LogP contribution >= 0.6 is 0 Å². The second-order valence-electron chi connectivity index (χ2n) is 6.63. The predicted molar refractivity (Wildman–Crippen MR) is 71.4 cm³/mol. The van der Waals surface area contributed by atoms with Crippen molar-refractivity contribution >= 4 is 6.09 Å². The van der Waals surface area contributed by atoms with Gasteiger partial charge >= 0.3 is 6.09 Å². The third-order valence-electron chi connectivity index (χ3n) is 3.46. The molecular weight excluding hydrogens is 244 g/mol. The Bertz CT molecular complexity index is 360. The van der Waals surface area contributed by atoms with Gasteiger partial charge in [0, 0.05) is 13.1 Å². The highest BCUT2D eigenvalue weighted by Gasteiger charge is 2.34. The van der Waals surface area contributed by atoms with Crippen LogP contribution in [-0.2, 0) is 4.74 Å². The normalized spacial score (nSPS) is 20.5. The summed E-state index contributed by atoms with van der Waals surface area (Å²) < 4.78 is 5.33. The lowest BCUT2D eigenvalue weighted by Gasteiger charge is -2.40. The number of carbonyl (C=O) groups excluding carboxylic acids is 1. The summed E-state index contributed by atoms with van der Waals surface area (Å²) in [6.07, 6.45) is 0.829. The first-order valence-electron chi connectivity index (χ1n) is 6.71. The van der Waals surface area contributed by atoms with Gasteiger partial charge in [0.2, 0.25) is 0 Å². The highest BCUT2D eigenvalue weighted by Crippen LogP contribution is 2.35. The summed E-state index contributed by atoms with van der Waals surface area (Å²) in [6.45, 7) is 8.83. The summed E-state index contributed by atoms with van der Waals surface area (Å²) >= 11 is 0. The van der Waals surface area contributed by atoms with Crippen molar-refractivity contribution in [1.29, 1.82) is 5.26 Å². The van der Waals surface area contributed by atoms with Crippen LogP contribution < -0.4 is 0 Å². The van der Waals surface area contributed by atoms with Gasteiger partial charge in [-0.1, -0.05) is 6.92 Å². The van der Waals surface area contributed by atoms with Crippen molar-refractivity contribution in [1.82, 2.24) is 4.90 Å². The van der Waals surface area contributed by atoms with Crippen LogP contribution in [0.1, 0.15) is 47.0 Å². The largest absolute Gasteiger partial charge is 0.444 e. The van der Waals surface area contributed by atoms with Gasteiger partial charge in [0.05, 0.1) is 6.07 Å². The summed E-state index contributed by atoms with van der Waals surface area (Å²) in [7, 11) is 0. The lowest BCUT2D eigenvalue weighted by Crippen LogP contribution is -2.45. The third kappa shape index (κ3) is 5.07. The van der Waals surface area contributed by atoms with E-state index in [1.807, 2.05) is 26.8 Å². The van der Waals surface area contributed by atoms with Crippen molar-refractivity contribution in [2.45, 2.75) is 58.7 Å². The molecule has 0 aromatic heterocycles. The van der Waals surface area contributed by atoms with Gasteiger partial charge in [-0.25, -0.2) is 4.79 Å². The Morgan fingerprint density at radius 1 is 1.47 bits per heavy atom. The Kier molecular flexibility index (Phi) is 4.81. The number of likely N-dealkylation sites (tertiary alicyclic amines) is 1. The zero-order valence-corrected chi connectivity index (χ0v) is 12.3. The minimum Gasteiger partial charge on any atom is -0.444 e. The lowest BCUT2D eigenvalue weighted by atomic mass is 9.76. The Morgan fingerprint density at radius 3 is 2.42 bits per heavy atom. The van der Waals surface area contributed by atoms with Crippen LogP contribution in [0.5, 0.6) is 0 Å². The molecule has 1 saturated heterocycles. The van der Waals surface area contributed by atoms with Gasteiger partial charge in [0.25, 0.3) is 0 Å². The zero-order chi connectivity index (χ0) is 14.7. The van der Waals surface area contributed by atoms with E-state index in [0.29, 0.717) is 19.5 Å². The molecule has 1 aliphatic heterocycles. The molecule has 0 aromatic carbocycles. The van der Waals surface area contributed by atoms with Gasteiger partial charge in [-0.2, -0.15) is 5.26 Å². The van der Waals surface area contributed by atoms with Crippen LogP contribution in [0.2, 0.25) is 0 Å². The average molecular weight is 268 g/mol. The van der Waals surface area contributed by atoms with E-state index in [4.69, 9.17) is 10.00 Å². The maximum absolute atomic E-state index is 11.9. The van der Waals surface area contributed by atoms with E-state index in [-0.39, 0.29) is 11.5 Å². The molecule has 5 nitrogen and oxygen atoms in total. The highest BCUT2D eigenvalue weighted by atomic mass is 16.6. The zero-order valence-electron chi connectivity index (χ0n) is 12.3. The summed E-state index contributed by atoms with van der Waals surface area (Å²) in [5.74, 6) is 0. The van der Waals surface area contributed by atoms with E-state index in [1.165, 1.54) is 0 Å². The number of amides is 1. The maximum Gasteiger partial charge on any atom is 0.410 e. The van der Waals surface area contributed by atoms with Crippen molar-refractivity contribution in [2.24, 2.45) is 5.41 Å². The molecule has 0 bridgehead atoms. The van der Waals surface area contributed by atoms with Crippen LogP contribution in [0.3, 0.4) is 0 Å². The minimum absolute atomic E-state index is 0.0757. The molecule has 0 aliphatic carbocycles. The lowest BCUT2D eigenvalue weighted by molar-refractivity contribution is 0.00747. The molecule has 1 N–H and O–H groups in total. The smallest absolute Gasteiger partial charge is 0.410 e. The quantitative estimate of drug-likeness (QED) is 0.780. The minimum atomic E-state index is -0.918. The Labute approximate surface area is 115 Å². The molecule has 0 saturated carbocycles. The fraction of sp³-hybridized carbons (Fsp3) is 0.857. The van der Waals surface area contributed by atoms with Gasteiger partial charge in [0.1, 0.15) is 11.7 Å². The maximum atomic E-state index is 11.9. The van der Waals surface area contributed by atoms with E-state index in [1.54, 1.807) is 4.90 Å². The van der Waals surface area contributed by atoms with Crippen LogP contribution in [0, 0.1) is 16.7 Å². The topological polar surface area (TPSA) is 73.6 Å². The highest BCUT2D eigenvalue weighted by molar-refractivity contribution is 5.68. The van der Waals surface area contributed by atoms with E-state index >= 15 is 0 Å². The van der Waals surface area contributed by atoms with E-state index in [2.05, 4.69) is 6.92 Å². The summed E-state index contributed by atoms with van der Waals surface area (Å²) in [5.41, 5.74) is -0.553. The fourth-order valence-corrected chi connectivity index (χ4v) is 2.27. The number of aliphatic hydroxyl groups excluding tert-OH is 1. The van der Waals surface area contributed by atoms with Crippen LogP contribution in [0.4, 0.5) is 4.79 Å². The molecule has 0 radical (unpaired) electrons. The molecule has 0 aromatic rings. The van der Waals surface area contributed by atoms with Crippen molar-refractivity contribution in [2.75, 3.05) is 13.1 Å². The molecule has 0 spiro atoms. The molecule has 108 valence electrons. The molecule has 1 amide bonds. The Hall–Kier alpha value is -1.28. The van der Waals surface area contributed by atoms with E-state index < -0.39 is 11.7 Å². The van der Waals surface area contributed by atoms with Crippen LogP contribution in [0.15, 0.2) is 0 Å². The molecule has 19 heavy (non-hydrogen) atoms. The molecule has 1 atom stereocenters. The first-order chi connectivity index (χ1) is 8.65. The number of nitriles is 1. The molecular formula is C14H24N2O3. The molecule has 1 fully saturated rings. The number of ether oxygens (including phenoxy) is 1. The first-order valence-corrected chi connectivity index (χ1v) is 6.71. The Morgan fingerprint density at radius 2 is 2.00 bits per heavy atom. The molecule has 1 heterocycles. The SMILES string of the molecule is CC1(CC(O)C#N)CCN(C(=O)OC(C)(C)C)CC1. The molecule has 1 unspecified atom stereocenters. The monoisotopic (exact) mass is 268 g/mol. The third-order valence-corrected chi connectivity index (χ3v) is 3.46. The van der Waals surface area contributed by atoms with Gasteiger partial charge in [-0.15, -0.1) is 0 Å². The predicted octanol–water partition coefficient (Wildman–Crippen LogP) is 2.30. The van der Waals surface area contributed by atoms with Gasteiger partial charge in [-0.3, -0.25) is 0 Å². The number of rotatable bonds is 2. The van der Waals surface area contributed by atoms with Gasteiger partial charge in [0.15, 0.2) is 0 Å². The van der Waals surface area contributed by atoms with Gasteiger partial charge in [-0.05, 0) is 45.4 Å². The molecule has 1 rings (SSSR count). The number of piperidine rings is 1. The molecule has 1 aliphatic rings. The van der Waals surface area contributed by atoms with E-state index in [0.717, 1.165) is 12.8 Å². The van der Waals surface area contributed by atoms with Crippen molar-refractivity contribution < 1.29 is 14.6 Å². The summed E-state index contributed by atoms with van der Waals surface area (Å²) in [5, 5.41) is 18.1. The summed E-state index contributed by atoms with van der Waals surface area (Å²) in [4.78, 5) is 13.6. The number of nitrogens with zero attached hydrogens (tertiary/aromatic N) is 2. The average Bonchev–Trinajstić information content (AvgIpc) is 2.26. The second kappa shape index (κ2) is 5.79. The number of hydrogen-bond acceptors (Lipinski definition) is 4. The van der Waals surface area contributed by atoms with Crippen LogP contribution in [0.25, 0.3) is 0 Å². The van der Waals surface area contributed by atoms with Crippen molar-refractivity contribution in [3.05, 3.63) is 0 Å². The standard InChI is InChI=1S/C14H24N2O3/c1-13(2,3)19-12(18)16-7-5-14(4,6-8-16)9-11(17)10-15/h11,17H,5-9H2,1-4H3. The van der Waals surface area contributed by atoms with Crippen molar-refractivity contribution in [3.8, 4) is 6.07 Å². The first kappa shape index (κ1) is 15.8. The molecule has 5 heteroatoms. The van der Waals surface area contributed by atoms with Gasteiger partial charge < -0.3 is 14.7 Å². The van der Waals surface area contributed by atoms with E-state index in [9.17, 15) is 9.90 Å². The number of hydrogen-bond donors (Lipinski definition) is 1. The fourth-order valence-electron chi connectivity index (χ4n) is 2.27. The number of aliphatic hydroxyl groups is 1. The van der Waals surface area contributed by atoms with Crippen LogP contribution in [-0.4, -0.2) is 40.9 Å². The van der Waals surface area contributed by atoms with Crippen molar-refractivity contribution in [3.63, 3.8) is 0 Å².